The number of amides is 2. The Morgan fingerprint density at radius 3 is 2.33 bits per heavy atom. The van der Waals surface area contributed by atoms with Crippen molar-refractivity contribution >= 4 is 44.1 Å². The standard InChI is InChI=1S/C22H27N3O6S2/c1-3-25(4-2)33(29,30)15-11-9-14(10-12-15)22(28)31-13-18(26)24-21-19(20(23)27)16-7-5-6-8-17(16)32-21/h9-12H,3-8,13H2,1-2H3,(H2,23,27)(H,24,26). The van der Waals surface area contributed by atoms with E-state index in [4.69, 9.17) is 10.5 Å². The third-order valence-electron chi connectivity index (χ3n) is 5.44. The van der Waals surface area contributed by atoms with Crippen LogP contribution in [0.4, 0.5) is 5.00 Å². The van der Waals surface area contributed by atoms with Gasteiger partial charge in [0, 0.05) is 18.0 Å². The number of carbonyl (C=O) groups is 3. The van der Waals surface area contributed by atoms with E-state index < -0.39 is 34.4 Å². The number of esters is 1. The van der Waals surface area contributed by atoms with Crippen LogP contribution in [0.15, 0.2) is 29.2 Å². The van der Waals surface area contributed by atoms with Gasteiger partial charge in [-0.2, -0.15) is 4.31 Å². The fraction of sp³-hybridized carbons (Fsp3) is 0.409. The first-order valence-corrected chi connectivity index (χ1v) is 13.0. The summed E-state index contributed by atoms with van der Waals surface area (Å²) in [4.78, 5) is 37.7. The third kappa shape index (κ3) is 5.43. The van der Waals surface area contributed by atoms with Crippen molar-refractivity contribution in [3.63, 3.8) is 0 Å². The molecule has 0 saturated heterocycles. The number of fused-ring (bicyclic) bond motifs is 1. The van der Waals surface area contributed by atoms with Crippen LogP contribution in [-0.4, -0.2) is 50.2 Å². The molecule has 0 atom stereocenters. The summed E-state index contributed by atoms with van der Waals surface area (Å²) in [6.07, 6.45) is 3.57. The minimum atomic E-state index is -3.64. The van der Waals surface area contributed by atoms with Crippen molar-refractivity contribution < 1.29 is 27.5 Å². The van der Waals surface area contributed by atoms with Crippen LogP contribution in [0.3, 0.4) is 0 Å². The molecule has 178 valence electrons. The van der Waals surface area contributed by atoms with Crippen molar-refractivity contribution in [2.75, 3.05) is 25.0 Å². The fourth-order valence-corrected chi connectivity index (χ4v) is 6.54. The molecule has 2 amide bonds. The molecule has 33 heavy (non-hydrogen) atoms. The summed E-state index contributed by atoms with van der Waals surface area (Å²) < 4.78 is 31.4. The maximum Gasteiger partial charge on any atom is 0.338 e. The van der Waals surface area contributed by atoms with Crippen LogP contribution in [0.25, 0.3) is 0 Å². The minimum absolute atomic E-state index is 0.0705. The highest BCUT2D eigenvalue weighted by atomic mass is 32.2. The molecule has 2 aromatic rings. The molecule has 1 heterocycles. The topological polar surface area (TPSA) is 136 Å². The van der Waals surface area contributed by atoms with E-state index in [0.29, 0.717) is 23.7 Å². The number of rotatable bonds is 9. The number of carbonyl (C=O) groups excluding carboxylic acids is 3. The van der Waals surface area contributed by atoms with Gasteiger partial charge in [0.15, 0.2) is 6.61 Å². The zero-order valence-corrected chi connectivity index (χ0v) is 20.2. The Balaban J connectivity index is 1.63. The van der Waals surface area contributed by atoms with Gasteiger partial charge in [0.25, 0.3) is 11.8 Å². The number of aryl methyl sites for hydroxylation is 1. The number of thiophene rings is 1. The number of nitrogens with zero attached hydrogens (tertiary/aromatic N) is 1. The second-order valence-electron chi connectivity index (χ2n) is 7.52. The van der Waals surface area contributed by atoms with E-state index in [-0.39, 0.29) is 10.5 Å². The van der Waals surface area contributed by atoms with E-state index in [1.165, 1.54) is 39.9 Å². The van der Waals surface area contributed by atoms with E-state index in [9.17, 15) is 22.8 Å². The molecular weight excluding hydrogens is 466 g/mol. The van der Waals surface area contributed by atoms with Gasteiger partial charge in [0.1, 0.15) is 5.00 Å². The van der Waals surface area contributed by atoms with Crippen LogP contribution in [0, 0.1) is 0 Å². The van der Waals surface area contributed by atoms with Crippen molar-refractivity contribution in [1.82, 2.24) is 4.31 Å². The van der Waals surface area contributed by atoms with Crippen LogP contribution in [-0.2, 0) is 32.4 Å². The lowest BCUT2D eigenvalue weighted by Crippen LogP contribution is -2.30. The molecule has 1 aliphatic rings. The van der Waals surface area contributed by atoms with E-state index in [2.05, 4.69) is 5.32 Å². The van der Waals surface area contributed by atoms with E-state index in [1.54, 1.807) is 13.8 Å². The average molecular weight is 494 g/mol. The van der Waals surface area contributed by atoms with Gasteiger partial charge in [-0.3, -0.25) is 9.59 Å². The zero-order valence-electron chi connectivity index (χ0n) is 18.5. The van der Waals surface area contributed by atoms with Crippen molar-refractivity contribution in [3.8, 4) is 0 Å². The lowest BCUT2D eigenvalue weighted by Gasteiger charge is -2.18. The number of nitrogens with one attached hydrogen (secondary N) is 1. The maximum atomic E-state index is 12.5. The average Bonchev–Trinajstić information content (AvgIpc) is 3.16. The summed E-state index contributed by atoms with van der Waals surface area (Å²) in [6.45, 7) is 3.61. The van der Waals surface area contributed by atoms with Crippen molar-refractivity contribution in [1.29, 1.82) is 0 Å². The van der Waals surface area contributed by atoms with E-state index in [0.717, 1.165) is 36.1 Å². The Hall–Kier alpha value is -2.76. The number of sulfonamides is 1. The number of primary amides is 1. The molecule has 0 spiro atoms. The number of ether oxygens (including phenoxy) is 1. The molecule has 0 bridgehead atoms. The van der Waals surface area contributed by atoms with Crippen molar-refractivity contribution in [2.45, 2.75) is 44.4 Å². The van der Waals surface area contributed by atoms with Crippen molar-refractivity contribution in [3.05, 3.63) is 45.8 Å². The van der Waals surface area contributed by atoms with Gasteiger partial charge in [0.05, 0.1) is 16.0 Å². The second kappa shape index (κ2) is 10.4. The summed E-state index contributed by atoms with van der Waals surface area (Å²) in [6, 6.07) is 5.35. The molecule has 0 saturated carbocycles. The number of benzene rings is 1. The van der Waals surface area contributed by atoms with Gasteiger partial charge in [-0.25, -0.2) is 13.2 Å². The largest absolute Gasteiger partial charge is 0.452 e. The lowest BCUT2D eigenvalue weighted by atomic mass is 9.95. The Kier molecular flexibility index (Phi) is 7.88. The summed E-state index contributed by atoms with van der Waals surface area (Å²) in [5.41, 5.74) is 6.86. The van der Waals surface area contributed by atoms with Crippen LogP contribution >= 0.6 is 11.3 Å². The summed E-state index contributed by atoms with van der Waals surface area (Å²) in [5, 5.41) is 3.00. The summed E-state index contributed by atoms with van der Waals surface area (Å²) in [7, 11) is -3.64. The number of hydrogen-bond acceptors (Lipinski definition) is 7. The monoisotopic (exact) mass is 493 g/mol. The summed E-state index contributed by atoms with van der Waals surface area (Å²) >= 11 is 1.32. The first-order valence-electron chi connectivity index (χ1n) is 10.7. The van der Waals surface area contributed by atoms with Gasteiger partial charge in [-0.15, -0.1) is 11.3 Å². The molecule has 1 aromatic heterocycles. The van der Waals surface area contributed by atoms with Gasteiger partial charge < -0.3 is 15.8 Å². The normalized spacial score (nSPS) is 13.4. The SMILES string of the molecule is CCN(CC)S(=O)(=O)c1ccc(C(=O)OCC(=O)Nc2sc3c(c2C(N)=O)CCCC3)cc1. The second-order valence-corrected chi connectivity index (χ2v) is 10.6. The first-order chi connectivity index (χ1) is 15.7. The molecule has 1 aromatic carbocycles. The van der Waals surface area contributed by atoms with Gasteiger partial charge >= 0.3 is 5.97 Å². The molecule has 9 nitrogen and oxygen atoms in total. The molecule has 0 aliphatic heterocycles. The maximum absolute atomic E-state index is 12.5. The molecule has 0 radical (unpaired) electrons. The number of hydrogen-bond donors (Lipinski definition) is 2. The highest BCUT2D eigenvalue weighted by Crippen LogP contribution is 2.37. The predicted octanol–water partition coefficient (Wildman–Crippen LogP) is 2.55. The quantitative estimate of drug-likeness (QED) is 0.515. The van der Waals surface area contributed by atoms with Gasteiger partial charge in [-0.05, 0) is 55.5 Å². The van der Waals surface area contributed by atoms with E-state index in [1.807, 2.05) is 0 Å². The van der Waals surface area contributed by atoms with Gasteiger partial charge in [-0.1, -0.05) is 13.8 Å². The zero-order chi connectivity index (χ0) is 24.2. The number of nitrogens with two attached hydrogens (primary N) is 1. The molecule has 0 fully saturated rings. The minimum Gasteiger partial charge on any atom is -0.452 e. The van der Waals surface area contributed by atoms with Gasteiger partial charge in [0.2, 0.25) is 10.0 Å². The predicted molar refractivity (Wildman–Crippen MR) is 125 cm³/mol. The smallest absolute Gasteiger partial charge is 0.338 e. The lowest BCUT2D eigenvalue weighted by molar-refractivity contribution is -0.119. The summed E-state index contributed by atoms with van der Waals surface area (Å²) in [5.74, 6) is -1.95. The molecule has 3 N–H and O–H groups in total. The highest BCUT2D eigenvalue weighted by Gasteiger charge is 2.25. The molecule has 0 unspecified atom stereocenters. The van der Waals surface area contributed by atoms with Crippen molar-refractivity contribution in [2.24, 2.45) is 5.73 Å². The first kappa shape index (κ1) is 24.9. The van der Waals surface area contributed by atoms with Crippen LogP contribution < -0.4 is 11.1 Å². The Labute approximate surface area is 197 Å². The van der Waals surface area contributed by atoms with Crippen LogP contribution in [0.5, 0.6) is 0 Å². The Morgan fingerprint density at radius 2 is 1.73 bits per heavy atom. The third-order valence-corrected chi connectivity index (χ3v) is 8.71. The van der Waals surface area contributed by atoms with Crippen LogP contribution in [0.1, 0.15) is 57.8 Å². The van der Waals surface area contributed by atoms with Crippen LogP contribution in [0.2, 0.25) is 0 Å². The molecular formula is C22H27N3O6S2. The highest BCUT2D eigenvalue weighted by molar-refractivity contribution is 7.89. The fourth-order valence-electron chi connectivity index (χ4n) is 3.77. The van der Waals surface area contributed by atoms with E-state index >= 15 is 0 Å². The Bertz CT molecular complexity index is 1150. The number of anilines is 1. The molecule has 3 rings (SSSR count). The molecule has 11 heteroatoms. The molecule has 1 aliphatic carbocycles. The Morgan fingerprint density at radius 1 is 1.09 bits per heavy atom.